The molecule has 0 bridgehead atoms. The van der Waals surface area contributed by atoms with E-state index in [9.17, 15) is 14.4 Å². The minimum absolute atomic E-state index is 0.0135. The second-order valence-corrected chi connectivity index (χ2v) is 4.05. The number of carboxylic acids is 1. The summed E-state index contributed by atoms with van der Waals surface area (Å²) in [6, 6.07) is 1.48. The molecule has 1 aromatic rings. The minimum atomic E-state index is -1.12. The van der Waals surface area contributed by atoms with Crippen molar-refractivity contribution < 1.29 is 19.4 Å². The number of carbonyl (C=O) groups excluding carboxylic acids is 1. The summed E-state index contributed by atoms with van der Waals surface area (Å²) in [6.45, 7) is 2.14. The van der Waals surface area contributed by atoms with Gasteiger partial charge in [-0.15, -0.1) is 0 Å². The Hall–Kier alpha value is -2.22. The number of amides is 1. The fraction of sp³-hybridized carbons (Fsp3) is 0.500. The van der Waals surface area contributed by atoms with Crippen LogP contribution in [0, 0.1) is 0 Å². The van der Waals surface area contributed by atoms with E-state index < -0.39 is 17.9 Å². The average Bonchev–Trinajstić information content (AvgIpc) is 2.43. The number of nitrogens with zero attached hydrogens (tertiary/aromatic N) is 2. The molecule has 8 nitrogen and oxygen atoms in total. The number of methoxy groups -OCH3 is 1. The monoisotopic (exact) mass is 283 g/mol. The van der Waals surface area contributed by atoms with E-state index >= 15 is 0 Å². The van der Waals surface area contributed by atoms with Gasteiger partial charge in [-0.1, -0.05) is 6.92 Å². The summed E-state index contributed by atoms with van der Waals surface area (Å²) < 4.78 is 5.93. The quantitative estimate of drug-likeness (QED) is 0.697. The molecule has 0 fully saturated rings. The van der Waals surface area contributed by atoms with Crippen LogP contribution < -0.4 is 10.9 Å². The van der Waals surface area contributed by atoms with Crippen LogP contribution in [-0.4, -0.2) is 46.5 Å². The number of hydrogen-bond acceptors (Lipinski definition) is 5. The molecule has 0 aliphatic rings. The summed E-state index contributed by atoms with van der Waals surface area (Å²) in [5.41, 5.74) is -0.371. The molecular weight excluding hydrogens is 266 g/mol. The smallest absolute Gasteiger partial charge is 0.326 e. The van der Waals surface area contributed by atoms with Crippen molar-refractivity contribution in [2.75, 3.05) is 13.7 Å². The molecule has 0 aromatic carbocycles. The number of carboxylic acid groups (broad SMARTS) is 1. The van der Waals surface area contributed by atoms with Crippen LogP contribution in [0.25, 0.3) is 0 Å². The average molecular weight is 283 g/mol. The zero-order valence-electron chi connectivity index (χ0n) is 11.3. The molecule has 0 unspecified atom stereocenters. The van der Waals surface area contributed by atoms with Crippen molar-refractivity contribution >= 4 is 11.9 Å². The predicted octanol–water partition coefficient (Wildman–Crippen LogP) is -0.517. The Bertz CT molecular complexity index is 540. The van der Waals surface area contributed by atoms with Crippen LogP contribution in [0.3, 0.4) is 0 Å². The van der Waals surface area contributed by atoms with Crippen molar-refractivity contribution in [2.24, 2.45) is 0 Å². The third-order valence-corrected chi connectivity index (χ3v) is 2.62. The molecule has 1 aromatic heterocycles. The second kappa shape index (κ2) is 7.39. The highest BCUT2D eigenvalue weighted by Gasteiger charge is 2.19. The Morgan fingerprint density at radius 2 is 2.20 bits per heavy atom. The first-order valence-corrected chi connectivity index (χ1v) is 6.10. The summed E-state index contributed by atoms with van der Waals surface area (Å²) in [6.07, 6.45) is 0.254. The van der Waals surface area contributed by atoms with E-state index in [1.54, 1.807) is 6.92 Å². The Morgan fingerprint density at radius 3 is 2.75 bits per heavy atom. The summed E-state index contributed by atoms with van der Waals surface area (Å²) in [5.74, 6) is -1.75. The van der Waals surface area contributed by atoms with Gasteiger partial charge < -0.3 is 15.2 Å². The van der Waals surface area contributed by atoms with Crippen molar-refractivity contribution in [2.45, 2.75) is 25.9 Å². The van der Waals surface area contributed by atoms with E-state index in [0.29, 0.717) is 0 Å². The van der Waals surface area contributed by atoms with E-state index in [-0.39, 0.29) is 30.8 Å². The first kappa shape index (κ1) is 15.8. The highest BCUT2D eigenvalue weighted by molar-refractivity contribution is 5.94. The lowest BCUT2D eigenvalue weighted by Gasteiger charge is -2.12. The molecule has 0 aliphatic heterocycles. The maximum atomic E-state index is 11.9. The summed E-state index contributed by atoms with van der Waals surface area (Å²) in [7, 11) is 1.49. The molecule has 1 amide bonds. The lowest BCUT2D eigenvalue weighted by Crippen LogP contribution is -2.41. The van der Waals surface area contributed by atoms with E-state index in [1.165, 1.54) is 19.2 Å². The Balaban J connectivity index is 2.88. The van der Waals surface area contributed by atoms with Crippen LogP contribution in [0.1, 0.15) is 23.8 Å². The van der Waals surface area contributed by atoms with Gasteiger partial charge in [-0.3, -0.25) is 9.59 Å². The van der Waals surface area contributed by atoms with Crippen LogP contribution >= 0.6 is 0 Å². The van der Waals surface area contributed by atoms with Crippen LogP contribution in [0.4, 0.5) is 0 Å². The maximum absolute atomic E-state index is 11.9. The van der Waals surface area contributed by atoms with Gasteiger partial charge in [0.1, 0.15) is 11.7 Å². The summed E-state index contributed by atoms with van der Waals surface area (Å²) in [4.78, 5) is 34.2. The van der Waals surface area contributed by atoms with Gasteiger partial charge in [0.05, 0.1) is 13.2 Å². The number of carbonyl (C=O) groups is 2. The van der Waals surface area contributed by atoms with Crippen molar-refractivity contribution in [3.05, 3.63) is 28.2 Å². The van der Waals surface area contributed by atoms with E-state index in [0.717, 1.165) is 4.68 Å². The van der Waals surface area contributed by atoms with Gasteiger partial charge in [0, 0.05) is 13.2 Å². The zero-order valence-corrected chi connectivity index (χ0v) is 11.3. The highest BCUT2D eigenvalue weighted by atomic mass is 16.5. The largest absolute Gasteiger partial charge is 0.480 e. The van der Waals surface area contributed by atoms with Gasteiger partial charge in [0.25, 0.3) is 11.5 Å². The molecule has 1 atom stereocenters. The van der Waals surface area contributed by atoms with Crippen molar-refractivity contribution in [1.82, 2.24) is 15.1 Å². The number of aliphatic carboxylic acids is 1. The molecule has 8 heteroatoms. The first-order valence-electron chi connectivity index (χ1n) is 6.10. The SMILES string of the molecule is CC[C@H](NC(=O)c1ccc(=O)n(CCOC)n1)C(=O)O. The predicted molar refractivity (Wildman–Crippen MR) is 69.6 cm³/mol. The Labute approximate surface area is 115 Å². The van der Waals surface area contributed by atoms with E-state index in [1.807, 2.05) is 0 Å². The Morgan fingerprint density at radius 1 is 1.50 bits per heavy atom. The van der Waals surface area contributed by atoms with Crippen LogP contribution in [-0.2, 0) is 16.1 Å². The van der Waals surface area contributed by atoms with Gasteiger partial charge in [0.2, 0.25) is 0 Å². The lowest BCUT2D eigenvalue weighted by molar-refractivity contribution is -0.139. The van der Waals surface area contributed by atoms with Crippen molar-refractivity contribution in [1.29, 1.82) is 0 Å². The van der Waals surface area contributed by atoms with Crippen LogP contribution in [0.5, 0.6) is 0 Å². The molecule has 110 valence electrons. The van der Waals surface area contributed by atoms with Crippen molar-refractivity contribution in [3.63, 3.8) is 0 Å². The molecule has 0 saturated carbocycles. The second-order valence-electron chi connectivity index (χ2n) is 4.05. The summed E-state index contributed by atoms with van der Waals surface area (Å²) >= 11 is 0. The number of hydrogen-bond donors (Lipinski definition) is 2. The standard InChI is InChI=1S/C12H17N3O5/c1-3-8(12(18)19)13-11(17)9-4-5-10(16)15(14-9)6-7-20-2/h4-5,8H,3,6-7H2,1-2H3,(H,13,17)(H,18,19)/t8-/m0/s1. The normalized spacial score (nSPS) is 11.9. The molecule has 0 aliphatic carbocycles. The van der Waals surface area contributed by atoms with Gasteiger partial charge in [0.15, 0.2) is 0 Å². The molecule has 0 saturated heterocycles. The topological polar surface area (TPSA) is 111 Å². The summed E-state index contributed by atoms with van der Waals surface area (Å²) in [5, 5.41) is 15.1. The zero-order chi connectivity index (χ0) is 15.1. The molecule has 1 rings (SSSR count). The van der Waals surface area contributed by atoms with Crippen LogP contribution in [0.15, 0.2) is 16.9 Å². The number of aromatic nitrogens is 2. The molecule has 2 N–H and O–H groups in total. The number of nitrogens with one attached hydrogen (secondary N) is 1. The van der Waals surface area contributed by atoms with Crippen LogP contribution in [0.2, 0.25) is 0 Å². The Kier molecular flexibility index (Phi) is 5.85. The fourth-order valence-electron chi connectivity index (χ4n) is 1.48. The van der Waals surface area contributed by atoms with Gasteiger partial charge in [-0.2, -0.15) is 5.10 Å². The molecule has 0 spiro atoms. The van der Waals surface area contributed by atoms with Gasteiger partial charge >= 0.3 is 5.97 Å². The molecular formula is C12H17N3O5. The number of ether oxygens (including phenoxy) is 1. The minimum Gasteiger partial charge on any atom is -0.480 e. The third-order valence-electron chi connectivity index (χ3n) is 2.62. The van der Waals surface area contributed by atoms with Gasteiger partial charge in [-0.25, -0.2) is 9.48 Å². The van der Waals surface area contributed by atoms with E-state index in [2.05, 4.69) is 10.4 Å². The number of rotatable bonds is 7. The highest BCUT2D eigenvalue weighted by Crippen LogP contribution is 1.96. The van der Waals surface area contributed by atoms with Gasteiger partial charge in [-0.05, 0) is 12.5 Å². The lowest BCUT2D eigenvalue weighted by atomic mass is 10.2. The first-order chi connectivity index (χ1) is 9.49. The molecule has 1 heterocycles. The molecule has 20 heavy (non-hydrogen) atoms. The van der Waals surface area contributed by atoms with Crippen molar-refractivity contribution in [3.8, 4) is 0 Å². The van der Waals surface area contributed by atoms with E-state index in [4.69, 9.17) is 9.84 Å². The fourth-order valence-corrected chi connectivity index (χ4v) is 1.48. The third kappa shape index (κ3) is 4.16. The maximum Gasteiger partial charge on any atom is 0.326 e. The molecule has 0 radical (unpaired) electrons.